The molecule has 2 bridgehead atoms. The number of H-pyrrole nitrogens is 1. The lowest BCUT2D eigenvalue weighted by molar-refractivity contribution is -0.117. The predicted octanol–water partition coefficient (Wildman–Crippen LogP) is 3.42. The van der Waals surface area contributed by atoms with Crippen LogP contribution < -0.4 is 16.0 Å². The Kier molecular flexibility index (Phi) is 9.08. The van der Waals surface area contributed by atoms with E-state index in [1.165, 1.54) is 24.2 Å². The maximum Gasteiger partial charge on any atom is 0.411 e. The lowest BCUT2D eigenvalue weighted by atomic mass is 10.1. The number of nitrogens with one attached hydrogen (secondary N) is 4. The topological polar surface area (TPSA) is 172 Å². The Morgan fingerprint density at radius 1 is 1.19 bits per heavy atom. The molecule has 4 aromatic rings. The Hall–Kier alpha value is -5.08. The van der Waals surface area contributed by atoms with Gasteiger partial charge in [0.1, 0.15) is 12.2 Å². The number of tetrazole rings is 1. The second-order valence-corrected chi connectivity index (χ2v) is 10.2. The number of amides is 3. The van der Waals surface area contributed by atoms with Crippen LogP contribution in [0.25, 0.3) is 23.0 Å². The van der Waals surface area contributed by atoms with E-state index in [1.807, 2.05) is 11.9 Å². The Morgan fingerprint density at radius 2 is 2.05 bits per heavy atom. The van der Waals surface area contributed by atoms with Gasteiger partial charge >= 0.3 is 6.09 Å². The van der Waals surface area contributed by atoms with Crippen LogP contribution in [0.1, 0.15) is 30.3 Å². The second-order valence-electron chi connectivity index (χ2n) is 9.79. The molecular weight excluding hydrogens is 576 g/mol. The predicted molar refractivity (Wildman–Crippen MR) is 159 cm³/mol. The Bertz CT molecular complexity index is 1650. The van der Waals surface area contributed by atoms with Gasteiger partial charge in [0, 0.05) is 53.6 Å². The number of methoxy groups -OCH3 is 1. The maximum atomic E-state index is 13.2. The van der Waals surface area contributed by atoms with E-state index in [-0.39, 0.29) is 18.2 Å². The van der Waals surface area contributed by atoms with E-state index in [0.717, 1.165) is 0 Å². The summed E-state index contributed by atoms with van der Waals surface area (Å²) in [6.45, 7) is 1.09. The highest BCUT2D eigenvalue weighted by atomic mass is 35.5. The summed E-state index contributed by atoms with van der Waals surface area (Å²) in [7, 11) is 3.18. The van der Waals surface area contributed by atoms with Crippen molar-refractivity contribution in [2.75, 3.05) is 37.9 Å². The summed E-state index contributed by atoms with van der Waals surface area (Å²) in [5.41, 5.74) is 3.43. The molecule has 43 heavy (non-hydrogen) atoms. The van der Waals surface area contributed by atoms with Gasteiger partial charge in [0.25, 0.3) is 0 Å². The third kappa shape index (κ3) is 7.42. The fraction of sp³-hybridized carbons (Fsp3) is 0.250. The minimum atomic E-state index is -0.630. The molecular formula is C28H29ClN10O4. The summed E-state index contributed by atoms with van der Waals surface area (Å²) in [6.07, 6.45) is 6.38. The number of anilines is 2. The fourth-order valence-corrected chi connectivity index (χ4v) is 4.72. The molecule has 0 spiro atoms. The number of carbonyl (C=O) groups excluding carboxylic acids is 3. The van der Waals surface area contributed by atoms with E-state index in [9.17, 15) is 14.4 Å². The molecule has 2 aromatic heterocycles. The molecule has 2 aromatic carbocycles. The molecule has 14 nitrogen and oxygen atoms in total. The average molecular weight is 605 g/mol. The number of imidazole rings is 1. The van der Waals surface area contributed by atoms with Crippen LogP contribution in [0.4, 0.5) is 16.2 Å². The van der Waals surface area contributed by atoms with Crippen LogP contribution in [0.5, 0.6) is 0 Å². The molecule has 3 amide bonds. The Labute approximate surface area is 251 Å². The molecule has 1 aliphatic heterocycles. The maximum absolute atomic E-state index is 13.2. The van der Waals surface area contributed by atoms with Crippen LogP contribution in [-0.4, -0.2) is 80.2 Å². The minimum Gasteiger partial charge on any atom is -0.453 e. The van der Waals surface area contributed by atoms with E-state index in [0.29, 0.717) is 64.2 Å². The van der Waals surface area contributed by atoms with Crippen molar-refractivity contribution in [2.45, 2.75) is 18.9 Å². The first kappa shape index (κ1) is 29.4. The summed E-state index contributed by atoms with van der Waals surface area (Å²) >= 11 is 6.21. The highest BCUT2D eigenvalue weighted by Gasteiger charge is 2.21. The van der Waals surface area contributed by atoms with Gasteiger partial charge < -0.3 is 25.3 Å². The zero-order valence-corrected chi connectivity index (χ0v) is 24.1. The van der Waals surface area contributed by atoms with Gasteiger partial charge in [-0.2, -0.15) is 4.68 Å². The quantitative estimate of drug-likeness (QED) is 0.249. The summed E-state index contributed by atoms with van der Waals surface area (Å²) < 4.78 is 6.16. The van der Waals surface area contributed by atoms with Gasteiger partial charge in [-0.3, -0.25) is 14.9 Å². The first-order chi connectivity index (χ1) is 20.8. The van der Waals surface area contributed by atoms with Crippen LogP contribution in [0, 0.1) is 0 Å². The smallest absolute Gasteiger partial charge is 0.411 e. The van der Waals surface area contributed by atoms with Crippen molar-refractivity contribution in [3.8, 4) is 16.9 Å². The van der Waals surface area contributed by atoms with Gasteiger partial charge in [0.15, 0.2) is 0 Å². The van der Waals surface area contributed by atoms with E-state index < -0.39 is 12.1 Å². The molecule has 5 rings (SSSR count). The molecule has 15 heteroatoms. The van der Waals surface area contributed by atoms with E-state index in [4.69, 9.17) is 16.6 Å². The highest BCUT2D eigenvalue weighted by molar-refractivity contribution is 6.30. The molecule has 222 valence electrons. The normalized spacial score (nSPS) is 15.9. The molecule has 1 aliphatic rings. The average Bonchev–Trinajstić information content (AvgIpc) is 3.70. The number of carbonyl (C=O) groups is 3. The van der Waals surface area contributed by atoms with Crippen molar-refractivity contribution < 1.29 is 19.1 Å². The number of halogens is 1. The number of aromatic nitrogens is 6. The largest absolute Gasteiger partial charge is 0.453 e. The highest BCUT2D eigenvalue weighted by Crippen LogP contribution is 2.31. The third-order valence-electron chi connectivity index (χ3n) is 6.77. The lowest BCUT2D eigenvalue weighted by Crippen LogP contribution is -2.32. The van der Waals surface area contributed by atoms with Crippen molar-refractivity contribution in [3.05, 3.63) is 71.4 Å². The molecule has 0 saturated carbocycles. The standard InChI is InChI=1S/C28H29ClN10O4/c1-38-11-9-21(33-25(40)8-3-17-13-18(29)4-7-24(17)39-16-31-36-37-39)27-30-15-23(35-27)20-6-5-19(32-28(42)43-2)14-22(20)34-26(41)10-12-38/h3-8,13-16,21H,9-12H2,1-2H3,(H,30,35)(H,32,42)(H,33,40)(H,34,41)/b8-3+/t21-/m0/s1. The second kappa shape index (κ2) is 13.3. The molecule has 0 saturated heterocycles. The zero-order chi connectivity index (χ0) is 30.3. The number of nitrogens with zero attached hydrogens (tertiary/aromatic N) is 6. The van der Waals surface area contributed by atoms with Crippen LogP contribution in [0.3, 0.4) is 0 Å². The first-order valence-corrected chi connectivity index (χ1v) is 13.7. The number of aromatic amines is 1. The lowest BCUT2D eigenvalue weighted by Gasteiger charge is -2.21. The number of ether oxygens (including phenoxy) is 1. The Balaban J connectivity index is 1.41. The first-order valence-electron chi connectivity index (χ1n) is 13.3. The van der Waals surface area contributed by atoms with E-state index >= 15 is 0 Å². The van der Waals surface area contributed by atoms with Crippen molar-refractivity contribution in [1.29, 1.82) is 0 Å². The van der Waals surface area contributed by atoms with Gasteiger partial charge in [-0.1, -0.05) is 11.6 Å². The van der Waals surface area contributed by atoms with E-state index in [2.05, 4.69) is 41.2 Å². The van der Waals surface area contributed by atoms with Gasteiger partial charge in [-0.15, -0.1) is 5.10 Å². The fourth-order valence-electron chi connectivity index (χ4n) is 4.54. The Morgan fingerprint density at radius 3 is 2.84 bits per heavy atom. The number of fused-ring (bicyclic) bond motifs is 4. The van der Waals surface area contributed by atoms with Crippen LogP contribution in [-0.2, 0) is 14.3 Å². The van der Waals surface area contributed by atoms with Crippen LogP contribution in [0.2, 0.25) is 5.02 Å². The number of hydrogen-bond donors (Lipinski definition) is 4. The SMILES string of the molecule is COC(=O)Nc1ccc2c(c1)NC(=O)CCN(C)CC[C@H](NC(=O)/C=C/c1cc(Cl)ccc1-n1cnnn1)c1nc-2c[nH]1. The summed E-state index contributed by atoms with van der Waals surface area (Å²) in [6, 6.07) is 9.81. The summed E-state index contributed by atoms with van der Waals surface area (Å²) in [4.78, 5) is 47.7. The van der Waals surface area contributed by atoms with Crippen molar-refractivity contribution in [2.24, 2.45) is 0 Å². The van der Waals surface area contributed by atoms with Crippen molar-refractivity contribution in [3.63, 3.8) is 0 Å². The molecule has 3 heterocycles. The van der Waals surface area contributed by atoms with Crippen molar-refractivity contribution >= 4 is 47.0 Å². The molecule has 0 fully saturated rings. The van der Waals surface area contributed by atoms with Gasteiger partial charge in [-0.25, -0.2) is 9.78 Å². The molecule has 4 N–H and O–H groups in total. The molecule has 0 radical (unpaired) electrons. The van der Waals surface area contributed by atoms with Gasteiger partial charge in [0.05, 0.1) is 30.2 Å². The molecule has 0 unspecified atom stereocenters. The van der Waals surface area contributed by atoms with Crippen LogP contribution in [0.15, 0.2) is 55.0 Å². The number of hydrogen-bond acceptors (Lipinski definition) is 9. The van der Waals surface area contributed by atoms with Crippen LogP contribution >= 0.6 is 11.6 Å². The minimum absolute atomic E-state index is 0.185. The number of rotatable bonds is 5. The molecule has 1 atom stereocenters. The van der Waals surface area contributed by atoms with Gasteiger partial charge in [0.2, 0.25) is 11.8 Å². The van der Waals surface area contributed by atoms with E-state index in [1.54, 1.807) is 48.7 Å². The summed E-state index contributed by atoms with van der Waals surface area (Å²) in [5.74, 6) is 0.0271. The number of benzene rings is 2. The van der Waals surface area contributed by atoms with Crippen molar-refractivity contribution in [1.82, 2.24) is 40.4 Å². The summed E-state index contributed by atoms with van der Waals surface area (Å²) in [5, 5.41) is 20.3. The monoisotopic (exact) mass is 604 g/mol. The zero-order valence-electron chi connectivity index (χ0n) is 23.4. The molecule has 0 aliphatic carbocycles. The van der Waals surface area contributed by atoms with Gasteiger partial charge in [-0.05, 0) is 66.4 Å². The third-order valence-corrected chi connectivity index (χ3v) is 7.00.